The summed E-state index contributed by atoms with van der Waals surface area (Å²) in [7, 11) is -3.37. The van der Waals surface area contributed by atoms with Gasteiger partial charge in [-0.2, -0.15) is 0 Å². The Morgan fingerprint density at radius 1 is 0.569 bits per heavy atom. The molecule has 0 bridgehead atoms. The average molecular weight is 780 g/mol. The van der Waals surface area contributed by atoms with Crippen molar-refractivity contribution in [2.24, 2.45) is 0 Å². The molecule has 0 radical (unpaired) electrons. The van der Waals surface area contributed by atoms with Crippen LogP contribution in [0.5, 0.6) is 23.0 Å². The van der Waals surface area contributed by atoms with Crippen LogP contribution in [-0.4, -0.2) is 8.07 Å². The Morgan fingerprint density at radius 2 is 1.16 bits per heavy atom. The third-order valence-electron chi connectivity index (χ3n) is 12.8. The van der Waals surface area contributed by atoms with Crippen LogP contribution in [0.2, 0.25) is 0 Å². The van der Waals surface area contributed by atoms with E-state index in [2.05, 4.69) is 164 Å². The van der Waals surface area contributed by atoms with E-state index in [1.807, 2.05) is 24.3 Å². The van der Waals surface area contributed by atoms with Crippen molar-refractivity contribution in [1.29, 1.82) is 0 Å². The molecule has 0 saturated carbocycles. The van der Waals surface area contributed by atoms with Gasteiger partial charge in [0.25, 0.3) is 0 Å². The summed E-state index contributed by atoms with van der Waals surface area (Å²) in [5.41, 5.74) is 5.68. The van der Waals surface area contributed by atoms with E-state index >= 15 is 0 Å². The van der Waals surface area contributed by atoms with Gasteiger partial charge in [0, 0.05) is 45.5 Å². The van der Waals surface area contributed by atoms with E-state index in [0.717, 1.165) is 65.6 Å². The quantitative estimate of drug-likeness (QED) is 0.124. The molecule has 7 aromatic rings. The first kappa shape index (κ1) is 32.3. The van der Waals surface area contributed by atoms with Gasteiger partial charge in [-0.1, -0.05) is 195 Å². The molecular formula is C55H54O2Si. The van der Waals surface area contributed by atoms with E-state index in [1.54, 1.807) is 19.1 Å². The maximum Gasteiger partial charge on any atom is 0.184 e. The van der Waals surface area contributed by atoms with Crippen molar-refractivity contribution in [3.8, 4) is 34.1 Å². The number of ether oxygens (including phenoxy) is 2. The summed E-state index contributed by atoms with van der Waals surface area (Å²) in [5, 5.41) is 4.51. The molecule has 7 aromatic carbocycles. The lowest BCUT2D eigenvalue weighted by Gasteiger charge is -2.41. The molecule has 0 fully saturated rings. The van der Waals surface area contributed by atoms with Crippen LogP contribution >= 0.6 is 0 Å². The minimum atomic E-state index is -3.37. The van der Waals surface area contributed by atoms with Gasteiger partial charge in [-0.15, -0.1) is 0 Å². The molecule has 0 saturated heterocycles. The number of fused-ring (bicyclic) bond motifs is 4. The van der Waals surface area contributed by atoms with Gasteiger partial charge in [0.1, 0.15) is 23.0 Å². The monoisotopic (exact) mass is 779 g/mol. The Hall–Kier alpha value is -5.64. The maximum atomic E-state index is 9.07. The van der Waals surface area contributed by atoms with E-state index in [0.29, 0.717) is 22.6 Å². The fourth-order valence-electron chi connectivity index (χ4n) is 9.72. The first-order valence-electron chi connectivity index (χ1n) is 22.8. The molecule has 0 aliphatic carbocycles. The number of para-hydroxylation sites is 2. The van der Waals surface area contributed by atoms with Crippen molar-refractivity contribution in [2.45, 2.75) is 84.9 Å². The lowest BCUT2D eigenvalue weighted by Crippen LogP contribution is -2.75. The zero-order valence-corrected chi connectivity index (χ0v) is 35.8. The molecule has 2 aliphatic heterocycles. The Bertz CT molecular complexity index is 2860. The van der Waals surface area contributed by atoms with Gasteiger partial charge in [-0.3, -0.25) is 0 Å². The van der Waals surface area contributed by atoms with Gasteiger partial charge in [0.05, 0.1) is 0 Å². The number of benzene rings is 7. The highest BCUT2D eigenvalue weighted by Gasteiger charge is 2.47. The van der Waals surface area contributed by atoms with Crippen LogP contribution in [-0.2, 0) is 22.6 Å². The van der Waals surface area contributed by atoms with Crippen molar-refractivity contribution >= 4 is 28.8 Å². The van der Waals surface area contributed by atoms with Crippen LogP contribution in [0.1, 0.15) is 101 Å². The molecule has 0 atom stereocenters. The fourth-order valence-corrected chi connectivity index (χ4v) is 14.6. The first-order valence-corrected chi connectivity index (χ1v) is 22.3. The number of hydrogen-bond donors (Lipinski definition) is 0. The van der Waals surface area contributed by atoms with E-state index in [9.17, 15) is 0 Å². The second-order valence-electron chi connectivity index (χ2n) is 18.0. The summed E-state index contributed by atoms with van der Waals surface area (Å²) in [6, 6.07) is 52.5. The van der Waals surface area contributed by atoms with Crippen LogP contribution in [0.3, 0.4) is 0 Å². The summed E-state index contributed by atoms with van der Waals surface area (Å²) in [6.07, 6.45) is -1.61. The third kappa shape index (κ3) is 5.73. The Kier molecular flexibility index (Phi) is 7.66. The molecular weight excluding hydrogens is 721 g/mol. The number of aryl methyl sites for hydroxylation is 2. The zero-order chi connectivity index (χ0) is 44.9. The van der Waals surface area contributed by atoms with Gasteiger partial charge < -0.3 is 9.47 Å². The molecule has 0 aromatic heterocycles. The lowest BCUT2D eigenvalue weighted by atomic mass is 9.73. The number of rotatable bonds is 6. The lowest BCUT2D eigenvalue weighted by molar-refractivity contribution is 0.418. The topological polar surface area (TPSA) is 18.5 Å². The van der Waals surface area contributed by atoms with E-state index in [4.69, 9.17) is 16.3 Å². The van der Waals surface area contributed by atoms with Crippen molar-refractivity contribution < 1.29 is 16.3 Å². The largest absolute Gasteiger partial charge is 0.457 e. The smallest absolute Gasteiger partial charge is 0.184 e. The zero-order valence-electron chi connectivity index (χ0n) is 39.8. The molecule has 58 heavy (non-hydrogen) atoms. The molecule has 2 nitrogen and oxygen atoms in total. The van der Waals surface area contributed by atoms with Crippen LogP contribution in [0.4, 0.5) is 0 Å². The van der Waals surface area contributed by atoms with Crippen molar-refractivity contribution in [2.75, 3.05) is 0 Å². The first-order chi connectivity index (χ1) is 29.7. The molecule has 3 heteroatoms. The standard InChI is InChI=1S/C55H54O2Si/c1-10-37-29-32-44-48(34-37)57-52-46(55(44,8)9)31-28-36(2)50(52)41-35-40(30-33-42(41)53(3,4)5)58(38-20-13-11-14-21-38,39-22-15-12-16-23-39)49-27-19-25-45-51(49)56-47-26-18-17-24-43(47)54(45,6)7/h11-35H,10H2,1-9H3/i2D3,10D2. The summed E-state index contributed by atoms with van der Waals surface area (Å²) in [6.45, 7) is 14.4. The van der Waals surface area contributed by atoms with E-state index in [1.165, 1.54) is 0 Å². The van der Waals surface area contributed by atoms with Crippen LogP contribution in [0, 0.1) is 6.85 Å². The van der Waals surface area contributed by atoms with Crippen LogP contribution < -0.4 is 30.2 Å². The predicted octanol–water partition coefficient (Wildman–Crippen LogP) is 11.8. The molecule has 2 aliphatic rings. The van der Waals surface area contributed by atoms with Gasteiger partial charge >= 0.3 is 0 Å². The molecule has 290 valence electrons. The Labute approximate surface area is 353 Å². The molecule has 0 amide bonds. The summed E-state index contributed by atoms with van der Waals surface area (Å²) in [5.74, 6) is 2.72. The summed E-state index contributed by atoms with van der Waals surface area (Å²) >= 11 is 0. The second-order valence-corrected chi connectivity index (χ2v) is 21.7. The Balaban J connectivity index is 1.42. The van der Waals surface area contributed by atoms with Crippen LogP contribution in [0.25, 0.3) is 11.1 Å². The maximum absolute atomic E-state index is 9.07. The van der Waals surface area contributed by atoms with E-state index < -0.39 is 32.1 Å². The highest BCUT2D eigenvalue weighted by molar-refractivity contribution is 7.20. The number of hydrogen-bond acceptors (Lipinski definition) is 2. The van der Waals surface area contributed by atoms with Gasteiger partial charge in [0.15, 0.2) is 8.07 Å². The molecule has 0 spiro atoms. The third-order valence-corrected chi connectivity index (χ3v) is 17.6. The average Bonchev–Trinajstić information content (AvgIpc) is 3.23. The summed E-state index contributed by atoms with van der Waals surface area (Å²) in [4.78, 5) is 0. The normalized spacial score (nSPS) is 16.7. The van der Waals surface area contributed by atoms with Crippen molar-refractivity contribution in [3.63, 3.8) is 0 Å². The molecule has 0 unspecified atom stereocenters. The highest BCUT2D eigenvalue weighted by atomic mass is 28.3. The minimum Gasteiger partial charge on any atom is -0.457 e. The van der Waals surface area contributed by atoms with Crippen molar-refractivity contribution in [1.82, 2.24) is 0 Å². The highest BCUT2D eigenvalue weighted by Crippen LogP contribution is 2.53. The molecule has 0 N–H and O–H groups in total. The van der Waals surface area contributed by atoms with Crippen molar-refractivity contribution in [3.05, 3.63) is 191 Å². The Morgan fingerprint density at radius 3 is 1.81 bits per heavy atom. The molecule has 2 heterocycles. The SMILES string of the molecule is [2H]C([2H])([2H])c1ccc2c(c1-c1cc([Si](c3ccccc3)(c3ccccc3)c3cccc4c3Oc3ccccc3C4(C)C)ccc1C(C)(C)C)Oc1cc(C([2H])([2H])C)ccc1C2(C)C. The minimum absolute atomic E-state index is 0.204. The van der Waals surface area contributed by atoms with Crippen LogP contribution in [0.15, 0.2) is 152 Å². The van der Waals surface area contributed by atoms with Gasteiger partial charge in [-0.05, 0) is 73.8 Å². The van der Waals surface area contributed by atoms with E-state index in [-0.39, 0.29) is 11.0 Å². The fraction of sp³-hybridized carbons (Fsp3) is 0.236. The summed E-state index contributed by atoms with van der Waals surface area (Å²) < 4.78 is 58.5. The second kappa shape index (κ2) is 13.7. The molecule has 9 rings (SSSR count). The van der Waals surface area contributed by atoms with Gasteiger partial charge in [0.2, 0.25) is 0 Å². The van der Waals surface area contributed by atoms with Gasteiger partial charge in [-0.25, -0.2) is 0 Å². The predicted molar refractivity (Wildman–Crippen MR) is 246 cm³/mol.